The smallest absolute Gasteiger partial charge is 0.323 e. The molecule has 0 spiro atoms. The highest BCUT2D eigenvalue weighted by molar-refractivity contribution is 5.77. The van der Waals surface area contributed by atoms with Crippen LogP contribution in [0.3, 0.4) is 0 Å². The maximum absolute atomic E-state index is 13.3. The molecule has 1 aromatic rings. The van der Waals surface area contributed by atoms with Gasteiger partial charge in [0.15, 0.2) is 11.6 Å². The molecule has 6 heteroatoms. The normalized spacial score (nSPS) is 15.8. The van der Waals surface area contributed by atoms with E-state index in [1.807, 2.05) is 0 Å². The highest BCUT2D eigenvalue weighted by atomic mass is 19.1. The molecule has 0 aliphatic rings. The number of hydrogen-bond donors (Lipinski definition) is 2. The van der Waals surface area contributed by atoms with Crippen molar-refractivity contribution in [2.24, 2.45) is 5.73 Å². The number of hydrogen-bond acceptors (Lipinski definition) is 3. The second-order valence-electron chi connectivity index (χ2n) is 4.43. The van der Waals surface area contributed by atoms with E-state index < -0.39 is 29.2 Å². The molecular formula is C12H15F2NO3. The van der Waals surface area contributed by atoms with Crippen molar-refractivity contribution in [2.45, 2.75) is 31.9 Å². The lowest BCUT2D eigenvalue weighted by Gasteiger charge is -2.24. The van der Waals surface area contributed by atoms with Gasteiger partial charge in [-0.2, -0.15) is 0 Å². The third-order valence-electron chi connectivity index (χ3n) is 2.42. The molecule has 0 fully saturated rings. The summed E-state index contributed by atoms with van der Waals surface area (Å²) in [6.07, 6.45) is -0.616. The van der Waals surface area contributed by atoms with Gasteiger partial charge < -0.3 is 15.6 Å². The highest BCUT2D eigenvalue weighted by Gasteiger charge is 2.30. The van der Waals surface area contributed by atoms with Gasteiger partial charge in [0, 0.05) is 12.5 Å². The molecule has 0 aliphatic carbocycles. The number of nitrogens with two attached hydrogens (primary N) is 1. The number of halogens is 2. The van der Waals surface area contributed by atoms with Gasteiger partial charge in [-0.1, -0.05) is 0 Å². The average Bonchev–Trinajstić information content (AvgIpc) is 2.21. The van der Waals surface area contributed by atoms with Gasteiger partial charge in [0.05, 0.1) is 6.10 Å². The first kappa shape index (κ1) is 14.4. The summed E-state index contributed by atoms with van der Waals surface area (Å²) in [5, 5.41) is 8.84. The topological polar surface area (TPSA) is 72.6 Å². The predicted molar refractivity (Wildman–Crippen MR) is 61.3 cm³/mol. The number of benzene rings is 1. The SMILES string of the molecule is CC(CC(C)(N)C(=O)O)Oc1ccc(F)cc1F. The second kappa shape index (κ2) is 5.30. The minimum Gasteiger partial charge on any atom is -0.488 e. The van der Waals surface area contributed by atoms with Crippen molar-refractivity contribution in [3.8, 4) is 5.75 Å². The van der Waals surface area contributed by atoms with E-state index >= 15 is 0 Å². The molecule has 18 heavy (non-hydrogen) atoms. The van der Waals surface area contributed by atoms with E-state index in [9.17, 15) is 13.6 Å². The van der Waals surface area contributed by atoms with Gasteiger partial charge in [0.2, 0.25) is 0 Å². The van der Waals surface area contributed by atoms with E-state index in [1.54, 1.807) is 6.92 Å². The number of carbonyl (C=O) groups is 1. The first-order valence-corrected chi connectivity index (χ1v) is 5.36. The fourth-order valence-electron chi connectivity index (χ4n) is 1.51. The van der Waals surface area contributed by atoms with Crippen molar-refractivity contribution in [1.82, 2.24) is 0 Å². The molecular weight excluding hydrogens is 244 g/mol. The molecule has 0 aliphatic heterocycles. The summed E-state index contributed by atoms with van der Waals surface area (Å²) in [4.78, 5) is 10.8. The third-order valence-corrected chi connectivity index (χ3v) is 2.42. The Morgan fingerprint density at radius 1 is 1.56 bits per heavy atom. The standard InChI is InChI=1S/C12H15F2NO3/c1-7(6-12(2,15)11(16)17)18-10-4-3-8(13)5-9(10)14/h3-5,7H,6,15H2,1-2H3,(H,16,17). The Labute approximate surface area is 103 Å². The fraction of sp³-hybridized carbons (Fsp3) is 0.417. The zero-order chi connectivity index (χ0) is 13.9. The third kappa shape index (κ3) is 3.66. The van der Waals surface area contributed by atoms with Crippen LogP contribution < -0.4 is 10.5 Å². The second-order valence-corrected chi connectivity index (χ2v) is 4.43. The van der Waals surface area contributed by atoms with Crippen LogP contribution in [-0.4, -0.2) is 22.7 Å². The zero-order valence-electron chi connectivity index (χ0n) is 10.1. The fourth-order valence-corrected chi connectivity index (χ4v) is 1.51. The summed E-state index contributed by atoms with van der Waals surface area (Å²) in [5.41, 5.74) is 4.08. The van der Waals surface area contributed by atoms with Crippen LogP contribution in [0.4, 0.5) is 8.78 Å². The molecule has 0 amide bonds. The largest absolute Gasteiger partial charge is 0.488 e. The van der Waals surface area contributed by atoms with E-state index in [2.05, 4.69) is 0 Å². The van der Waals surface area contributed by atoms with E-state index in [-0.39, 0.29) is 12.2 Å². The van der Waals surface area contributed by atoms with Gasteiger partial charge in [-0.25, -0.2) is 8.78 Å². The number of aliphatic carboxylic acids is 1. The van der Waals surface area contributed by atoms with Crippen LogP contribution in [0.1, 0.15) is 20.3 Å². The van der Waals surface area contributed by atoms with Crippen molar-refractivity contribution in [1.29, 1.82) is 0 Å². The molecule has 0 aromatic heterocycles. The maximum atomic E-state index is 13.3. The predicted octanol–water partition coefficient (Wildman–Crippen LogP) is 1.92. The molecule has 2 atom stereocenters. The number of ether oxygens (including phenoxy) is 1. The van der Waals surface area contributed by atoms with Crippen LogP contribution in [0, 0.1) is 11.6 Å². The summed E-state index contributed by atoms with van der Waals surface area (Å²) < 4.78 is 31.2. The minimum absolute atomic E-state index is 0.000843. The van der Waals surface area contributed by atoms with Crippen LogP contribution in [-0.2, 0) is 4.79 Å². The summed E-state index contributed by atoms with van der Waals surface area (Å²) in [6.45, 7) is 2.91. The Kier molecular flexibility index (Phi) is 4.24. The lowest BCUT2D eigenvalue weighted by Crippen LogP contribution is -2.47. The quantitative estimate of drug-likeness (QED) is 0.847. The van der Waals surface area contributed by atoms with Crippen LogP contribution >= 0.6 is 0 Å². The Balaban J connectivity index is 2.70. The number of carboxylic acid groups (broad SMARTS) is 1. The molecule has 1 rings (SSSR count). The molecule has 0 bridgehead atoms. The molecule has 1 aromatic carbocycles. The molecule has 100 valence electrons. The van der Waals surface area contributed by atoms with Crippen molar-refractivity contribution >= 4 is 5.97 Å². The Morgan fingerprint density at radius 3 is 2.67 bits per heavy atom. The Morgan fingerprint density at radius 2 is 2.17 bits per heavy atom. The monoisotopic (exact) mass is 259 g/mol. The van der Waals surface area contributed by atoms with Crippen LogP contribution in [0.25, 0.3) is 0 Å². The average molecular weight is 259 g/mol. The number of rotatable bonds is 5. The van der Waals surface area contributed by atoms with Gasteiger partial charge in [0.25, 0.3) is 0 Å². The van der Waals surface area contributed by atoms with E-state index in [0.29, 0.717) is 6.07 Å². The summed E-state index contributed by atoms with van der Waals surface area (Å²) >= 11 is 0. The lowest BCUT2D eigenvalue weighted by molar-refractivity contribution is -0.143. The first-order valence-electron chi connectivity index (χ1n) is 5.36. The van der Waals surface area contributed by atoms with Crippen LogP contribution in [0.5, 0.6) is 5.75 Å². The van der Waals surface area contributed by atoms with Gasteiger partial charge in [-0.05, 0) is 26.0 Å². The maximum Gasteiger partial charge on any atom is 0.323 e. The lowest BCUT2D eigenvalue weighted by atomic mass is 9.96. The van der Waals surface area contributed by atoms with Gasteiger partial charge in [-0.15, -0.1) is 0 Å². The van der Waals surface area contributed by atoms with E-state index in [0.717, 1.165) is 12.1 Å². The molecule has 0 saturated carbocycles. The minimum atomic E-state index is -1.46. The summed E-state index contributed by atoms with van der Waals surface area (Å²) in [5.74, 6) is -2.85. The Hall–Kier alpha value is -1.69. The highest BCUT2D eigenvalue weighted by Crippen LogP contribution is 2.21. The van der Waals surface area contributed by atoms with Gasteiger partial charge >= 0.3 is 5.97 Å². The van der Waals surface area contributed by atoms with Crippen LogP contribution in [0.2, 0.25) is 0 Å². The number of carboxylic acids is 1. The first-order chi connectivity index (χ1) is 8.22. The molecule has 2 unspecified atom stereocenters. The van der Waals surface area contributed by atoms with Crippen molar-refractivity contribution < 1.29 is 23.4 Å². The molecule has 3 N–H and O–H groups in total. The zero-order valence-corrected chi connectivity index (χ0v) is 10.1. The summed E-state index contributed by atoms with van der Waals surface area (Å²) in [7, 11) is 0. The Bertz CT molecular complexity index is 449. The van der Waals surface area contributed by atoms with Crippen molar-refractivity contribution in [3.05, 3.63) is 29.8 Å². The van der Waals surface area contributed by atoms with Crippen molar-refractivity contribution in [2.75, 3.05) is 0 Å². The molecule has 0 radical (unpaired) electrons. The summed E-state index contributed by atoms with van der Waals surface area (Å²) in [6, 6.07) is 2.90. The van der Waals surface area contributed by atoms with Gasteiger partial charge in [-0.3, -0.25) is 4.79 Å². The molecule has 4 nitrogen and oxygen atoms in total. The molecule has 0 heterocycles. The van der Waals surface area contributed by atoms with E-state index in [4.69, 9.17) is 15.6 Å². The van der Waals surface area contributed by atoms with E-state index in [1.165, 1.54) is 6.92 Å². The van der Waals surface area contributed by atoms with Gasteiger partial charge in [0.1, 0.15) is 11.4 Å². The van der Waals surface area contributed by atoms with Crippen LogP contribution in [0.15, 0.2) is 18.2 Å². The van der Waals surface area contributed by atoms with Crippen molar-refractivity contribution in [3.63, 3.8) is 0 Å². The molecule has 0 saturated heterocycles.